The van der Waals surface area contributed by atoms with Crippen molar-refractivity contribution in [3.63, 3.8) is 0 Å². The normalized spacial score (nSPS) is 15.3. The third kappa shape index (κ3) is 11.8. The number of aromatic amines is 1. The van der Waals surface area contributed by atoms with Gasteiger partial charge in [0.05, 0.1) is 25.9 Å². The first-order valence-electron chi connectivity index (χ1n) is 15.8. The van der Waals surface area contributed by atoms with Gasteiger partial charge >= 0.3 is 5.97 Å². The lowest BCUT2D eigenvalue weighted by molar-refractivity contribution is -0.142. The molecule has 0 radical (unpaired) electrons. The largest absolute Gasteiger partial charge is 0.480 e. The standard InChI is InChI=1S/C31H46N8O11/c1-3-15(2)25(39-29(47)23(14-42)36-26(44)18(32)8-9-24(33)43)30(48)38-22(13-41)28(46)37-21(12-40)27(45)35-20(31(49)50)10-16-11-34-19-7-5-4-6-17(16)19/h4-7,11,15,18,20-23,25,34,40-42H,3,8-10,12-14,32H2,1-2H3,(H2,33,43)(H,35,45)(H,36,44)(H,37,46)(H,38,48)(H,39,47)(H,49,50)/t15-,18-,20-,21-,22-,23-,25-/m0/s1. The Morgan fingerprint density at radius 2 is 1.26 bits per heavy atom. The molecule has 0 saturated heterocycles. The van der Waals surface area contributed by atoms with E-state index in [-0.39, 0.29) is 19.3 Å². The minimum absolute atomic E-state index is 0.118. The van der Waals surface area contributed by atoms with Crippen molar-refractivity contribution < 1.29 is 54.0 Å². The van der Waals surface area contributed by atoms with Gasteiger partial charge in [-0.2, -0.15) is 0 Å². The average Bonchev–Trinajstić information content (AvgIpc) is 3.50. The van der Waals surface area contributed by atoms with Gasteiger partial charge in [0.15, 0.2) is 0 Å². The van der Waals surface area contributed by atoms with Crippen LogP contribution in [0.25, 0.3) is 10.9 Å². The van der Waals surface area contributed by atoms with Gasteiger partial charge < -0.3 is 63.5 Å². The van der Waals surface area contributed by atoms with Crippen LogP contribution < -0.4 is 38.1 Å². The third-order valence-electron chi connectivity index (χ3n) is 7.99. The Morgan fingerprint density at radius 1 is 0.760 bits per heavy atom. The number of primary amides is 1. The Kier molecular flexibility index (Phi) is 16.2. The minimum atomic E-state index is -1.69. The molecule has 0 fully saturated rings. The number of hydrogen-bond donors (Lipinski definition) is 12. The summed E-state index contributed by atoms with van der Waals surface area (Å²) in [5.74, 6) is -7.60. The first-order valence-corrected chi connectivity index (χ1v) is 15.8. The molecule has 276 valence electrons. The van der Waals surface area contributed by atoms with Crippen LogP contribution in [0.3, 0.4) is 0 Å². The number of para-hydroxylation sites is 1. The van der Waals surface area contributed by atoms with E-state index >= 15 is 0 Å². The van der Waals surface area contributed by atoms with Crippen LogP contribution in [0.4, 0.5) is 0 Å². The highest BCUT2D eigenvalue weighted by Crippen LogP contribution is 2.19. The van der Waals surface area contributed by atoms with E-state index < -0.39 is 103 Å². The van der Waals surface area contributed by atoms with Crippen molar-refractivity contribution in [1.82, 2.24) is 31.6 Å². The molecule has 50 heavy (non-hydrogen) atoms. The lowest BCUT2D eigenvalue weighted by atomic mass is 9.97. The first kappa shape index (κ1) is 41.1. The van der Waals surface area contributed by atoms with Crippen LogP contribution in [0.15, 0.2) is 30.5 Å². The summed E-state index contributed by atoms with van der Waals surface area (Å²) in [6.07, 6.45) is 1.49. The molecule has 1 aromatic carbocycles. The maximum absolute atomic E-state index is 13.3. The number of nitrogens with one attached hydrogen (secondary N) is 6. The van der Waals surface area contributed by atoms with E-state index in [9.17, 15) is 54.0 Å². The summed E-state index contributed by atoms with van der Waals surface area (Å²) in [6.45, 7) is 0.464. The van der Waals surface area contributed by atoms with Crippen molar-refractivity contribution in [3.05, 3.63) is 36.0 Å². The van der Waals surface area contributed by atoms with Gasteiger partial charge in [0.2, 0.25) is 35.4 Å². The second-order valence-electron chi connectivity index (χ2n) is 11.7. The second kappa shape index (κ2) is 19.8. The highest BCUT2D eigenvalue weighted by molar-refractivity contribution is 5.96. The van der Waals surface area contributed by atoms with Crippen LogP contribution in [0.1, 0.15) is 38.7 Å². The number of carboxylic acids is 1. The SMILES string of the molecule is CC[C@H](C)[C@H](NC(=O)[C@H](CO)NC(=O)[C@@H](N)CCC(N)=O)C(=O)N[C@@H](CO)C(=O)N[C@@H](CO)C(=O)N[C@@H](Cc1c[nH]c2ccccc12)C(=O)O. The minimum Gasteiger partial charge on any atom is -0.480 e. The molecule has 19 nitrogen and oxygen atoms in total. The molecule has 0 saturated carbocycles. The fourth-order valence-electron chi connectivity index (χ4n) is 4.77. The smallest absolute Gasteiger partial charge is 0.326 e. The summed E-state index contributed by atoms with van der Waals surface area (Å²) in [5.41, 5.74) is 12.1. The van der Waals surface area contributed by atoms with E-state index in [1.807, 2.05) is 0 Å². The Balaban J connectivity index is 2.08. The zero-order chi connectivity index (χ0) is 37.5. The number of fused-ring (bicyclic) bond motifs is 1. The van der Waals surface area contributed by atoms with Crippen LogP contribution in [-0.4, -0.2) is 123 Å². The molecule has 1 heterocycles. The molecule has 0 aliphatic heterocycles. The second-order valence-corrected chi connectivity index (χ2v) is 11.7. The van der Waals surface area contributed by atoms with Gasteiger partial charge in [-0.25, -0.2) is 4.79 Å². The first-order chi connectivity index (χ1) is 23.7. The molecule has 14 N–H and O–H groups in total. The topological polar surface area (TPSA) is 328 Å². The lowest BCUT2D eigenvalue weighted by Crippen LogP contribution is -2.61. The summed E-state index contributed by atoms with van der Waals surface area (Å²) in [6, 6.07) is -1.80. The van der Waals surface area contributed by atoms with Crippen molar-refractivity contribution in [2.24, 2.45) is 17.4 Å². The number of amides is 6. The zero-order valence-electron chi connectivity index (χ0n) is 27.7. The van der Waals surface area contributed by atoms with Gasteiger partial charge in [0.1, 0.15) is 30.2 Å². The summed E-state index contributed by atoms with van der Waals surface area (Å²) < 4.78 is 0. The van der Waals surface area contributed by atoms with Crippen molar-refractivity contribution >= 4 is 52.3 Å². The molecular weight excluding hydrogens is 660 g/mol. The number of aliphatic carboxylic acids is 1. The number of aliphatic hydroxyl groups excluding tert-OH is 3. The van der Waals surface area contributed by atoms with Crippen LogP contribution in [-0.2, 0) is 40.0 Å². The number of hydrogen-bond acceptors (Lipinski definition) is 11. The van der Waals surface area contributed by atoms with Crippen molar-refractivity contribution in [2.75, 3.05) is 19.8 Å². The maximum Gasteiger partial charge on any atom is 0.326 e. The van der Waals surface area contributed by atoms with Crippen LogP contribution >= 0.6 is 0 Å². The summed E-state index contributed by atoms with van der Waals surface area (Å²) >= 11 is 0. The third-order valence-corrected chi connectivity index (χ3v) is 7.99. The van der Waals surface area contributed by atoms with Gasteiger partial charge in [-0.3, -0.25) is 28.8 Å². The molecule has 0 bridgehead atoms. The summed E-state index contributed by atoms with van der Waals surface area (Å²) in [4.78, 5) is 90.5. The monoisotopic (exact) mass is 706 g/mol. The van der Waals surface area contributed by atoms with Gasteiger partial charge in [-0.05, 0) is 24.0 Å². The molecule has 19 heteroatoms. The van der Waals surface area contributed by atoms with Gasteiger partial charge in [0.25, 0.3) is 0 Å². The molecule has 2 rings (SSSR count). The Bertz CT molecular complexity index is 1520. The van der Waals surface area contributed by atoms with Crippen LogP contribution in [0.5, 0.6) is 0 Å². The molecular formula is C31H46N8O11. The number of carbonyl (C=O) groups is 7. The van der Waals surface area contributed by atoms with E-state index in [0.717, 1.165) is 10.9 Å². The Hall–Kier alpha value is -5.11. The van der Waals surface area contributed by atoms with Crippen LogP contribution in [0.2, 0.25) is 0 Å². The van der Waals surface area contributed by atoms with Gasteiger partial charge in [0, 0.05) is 29.9 Å². The van der Waals surface area contributed by atoms with E-state index in [2.05, 4.69) is 31.6 Å². The highest BCUT2D eigenvalue weighted by atomic mass is 16.4. The average molecular weight is 707 g/mol. The summed E-state index contributed by atoms with van der Waals surface area (Å²) in [7, 11) is 0. The molecule has 2 aromatic rings. The fraction of sp³-hybridized carbons (Fsp3) is 0.516. The van der Waals surface area contributed by atoms with E-state index in [4.69, 9.17) is 11.5 Å². The molecule has 6 amide bonds. The quantitative estimate of drug-likeness (QED) is 0.0589. The van der Waals surface area contributed by atoms with Crippen molar-refractivity contribution in [3.8, 4) is 0 Å². The molecule has 1 aromatic heterocycles. The number of aliphatic hydroxyl groups is 3. The number of benzene rings is 1. The Morgan fingerprint density at radius 3 is 1.78 bits per heavy atom. The van der Waals surface area contributed by atoms with E-state index in [1.54, 1.807) is 44.3 Å². The van der Waals surface area contributed by atoms with Gasteiger partial charge in [-0.1, -0.05) is 38.5 Å². The molecule has 0 aliphatic rings. The molecule has 7 atom stereocenters. The van der Waals surface area contributed by atoms with Crippen LogP contribution in [0, 0.1) is 5.92 Å². The zero-order valence-corrected chi connectivity index (χ0v) is 27.7. The van der Waals surface area contributed by atoms with E-state index in [1.165, 1.54) is 0 Å². The number of nitrogens with two attached hydrogens (primary N) is 2. The molecule has 0 unspecified atom stereocenters. The number of carboxylic acid groups (broad SMARTS) is 1. The lowest BCUT2D eigenvalue weighted by Gasteiger charge is -2.28. The van der Waals surface area contributed by atoms with E-state index in [0.29, 0.717) is 12.0 Å². The number of rotatable bonds is 21. The van der Waals surface area contributed by atoms with Crippen molar-refractivity contribution in [2.45, 2.75) is 75.8 Å². The predicted molar refractivity (Wildman–Crippen MR) is 176 cm³/mol. The fourth-order valence-corrected chi connectivity index (χ4v) is 4.77. The highest BCUT2D eigenvalue weighted by Gasteiger charge is 2.34. The molecule has 0 spiro atoms. The Labute approximate surface area is 286 Å². The van der Waals surface area contributed by atoms with Crippen molar-refractivity contribution in [1.29, 1.82) is 0 Å². The molecule has 0 aliphatic carbocycles. The van der Waals surface area contributed by atoms with Gasteiger partial charge in [-0.15, -0.1) is 0 Å². The number of carbonyl (C=O) groups excluding carboxylic acids is 6. The summed E-state index contributed by atoms with van der Waals surface area (Å²) in [5, 5.41) is 51.3. The number of H-pyrrole nitrogens is 1. The number of aromatic nitrogens is 1. The maximum atomic E-state index is 13.3. The predicted octanol–water partition coefficient (Wildman–Crippen LogP) is -4.17.